The van der Waals surface area contributed by atoms with Crippen LogP contribution >= 0.6 is 11.6 Å². The maximum Gasteiger partial charge on any atom is 0.276 e. The van der Waals surface area contributed by atoms with Gasteiger partial charge in [0.05, 0.1) is 5.56 Å². The van der Waals surface area contributed by atoms with Crippen molar-refractivity contribution in [2.75, 3.05) is 5.43 Å². The molecule has 132 valence electrons. The maximum atomic E-state index is 13.0. The molecule has 1 aromatic heterocycles. The van der Waals surface area contributed by atoms with Crippen molar-refractivity contribution in [2.24, 2.45) is 0 Å². The topological polar surface area (TPSA) is 71.3 Å². The van der Waals surface area contributed by atoms with E-state index < -0.39 is 17.3 Å². The maximum absolute atomic E-state index is 13.0. The molecule has 0 aliphatic rings. The monoisotopic (exact) mass is 372 g/mol. The van der Waals surface area contributed by atoms with E-state index in [9.17, 15) is 19.1 Å². The summed E-state index contributed by atoms with van der Waals surface area (Å²) in [5, 5.41) is 10.5. The lowest BCUT2D eigenvalue weighted by atomic mass is 10.1. The number of pyridine rings is 1. The molecule has 7 heteroatoms. The first-order chi connectivity index (χ1) is 12.4. The van der Waals surface area contributed by atoms with Crippen LogP contribution in [0.4, 0.5) is 4.39 Å². The summed E-state index contributed by atoms with van der Waals surface area (Å²) >= 11 is 5.79. The molecule has 0 radical (unpaired) electrons. The Kier molecular flexibility index (Phi) is 5.04. The second-order valence-electron chi connectivity index (χ2n) is 5.61. The van der Waals surface area contributed by atoms with Crippen molar-refractivity contribution in [2.45, 2.75) is 6.42 Å². The zero-order valence-corrected chi connectivity index (χ0v) is 14.2. The van der Waals surface area contributed by atoms with Crippen molar-refractivity contribution in [3.8, 4) is 5.75 Å². The summed E-state index contributed by atoms with van der Waals surface area (Å²) in [6.45, 7) is 0. The van der Waals surface area contributed by atoms with Gasteiger partial charge < -0.3 is 5.11 Å². The summed E-state index contributed by atoms with van der Waals surface area (Å²) in [5.74, 6) is -1.09. The Hall–Kier alpha value is -3.12. The van der Waals surface area contributed by atoms with Crippen LogP contribution in [0.15, 0.2) is 65.6 Å². The van der Waals surface area contributed by atoms with Gasteiger partial charge in [-0.3, -0.25) is 15.0 Å². The van der Waals surface area contributed by atoms with Crippen LogP contribution in [-0.2, 0) is 6.42 Å². The van der Waals surface area contributed by atoms with Crippen LogP contribution in [0.3, 0.4) is 0 Å². The Bertz CT molecular complexity index is 999. The first kappa shape index (κ1) is 17.7. The zero-order valence-electron chi connectivity index (χ0n) is 13.4. The molecule has 0 aliphatic heterocycles. The molecule has 0 saturated heterocycles. The highest BCUT2D eigenvalue weighted by Crippen LogP contribution is 2.16. The normalized spacial score (nSPS) is 10.5. The lowest BCUT2D eigenvalue weighted by Crippen LogP contribution is -2.34. The molecule has 0 fully saturated rings. The smallest absolute Gasteiger partial charge is 0.276 e. The number of hydrogen-bond donors (Lipinski definition) is 2. The average Bonchev–Trinajstić information content (AvgIpc) is 2.63. The number of rotatable bonds is 4. The highest BCUT2D eigenvalue weighted by Gasteiger charge is 2.13. The molecule has 3 aromatic rings. The van der Waals surface area contributed by atoms with Gasteiger partial charge in [0, 0.05) is 23.2 Å². The number of nitrogens with one attached hydrogen (secondary N) is 1. The molecule has 1 amide bonds. The summed E-state index contributed by atoms with van der Waals surface area (Å²) < 4.78 is 14.0. The van der Waals surface area contributed by atoms with Crippen LogP contribution in [0.1, 0.15) is 21.5 Å². The summed E-state index contributed by atoms with van der Waals surface area (Å²) in [5.41, 5.74) is 2.96. The second-order valence-corrected chi connectivity index (χ2v) is 6.04. The predicted molar refractivity (Wildman–Crippen MR) is 96.7 cm³/mol. The number of carbonyl (C=O) groups excluding carboxylic acids is 1. The van der Waals surface area contributed by atoms with Crippen LogP contribution in [0, 0.1) is 5.82 Å². The molecule has 1 heterocycles. The van der Waals surface area contributed by atoms with E-state index in [2.05, 4.69) is 5.43 Å². The summed E-state index contributed by atoms with van der Waals surface area (Å²) in [7, 11) is 0. The van der Waals surface area contributed by atoms with Gasteiger partial charge in [-0.15, -0.1) is 0 Å². The first-order valence-electron chi connectivity index (χ1n) is 7.69. The van der Waals surface area contributed by atoms with Gasteiger partial charge >= 0.3 is 0 Å². The average molecular weight is 373 g/mol. The molecule has 0 saturated carbocycles. The summed E-state index contributed by atoms with van der Waals surface area (Å²) in [4.78, 5) is 24.8. The number of amides is 1. The standard InChI is InChI=1S/C19H14ClFN2O3/c20-14-5-3-13(4-6-14)18(25)22-23-10-9-17(24)16(19(23)26)11-12-1-7-15(21)8-2-12/h1-10,24H,11H2,(H,22,25). The number of nitrogens with zero attached hydrogens (tertiary/aromatic N) is 1. The molecule has 2 N–H and O–H groups in total. The quantitative estimate of drug-likeness (QED) is 0.738. The van der Waals surface area contributed by atoms with Gasteiger partial charge in [-0.25, -0.2) is 9.07 Å². The van der Waals surface area contributed by atoms with Gasteiger partial charge in [0.15, 0.2) is 0 Å². The van der Waals surface area contributed by atoms with E-state index in [4.69, 9.17) is 11.6 Å². The fraction of sp³-hybridized carbons (Fsp3) is 0.0526. The lowest BCUT2D eigenvalue weighted by Gasteiger charge is -2.11. The number of aromatic hydroxyl groups is 1. The van der Waals surface area contributed by atoms with Crippen molar-refractivity contribution < 1.29 is 14.3 Å². The molecule has 3 rings (SSSR count). The van der Waals surface area contributed by atoms with Crippen molar-refractivity contribution in [1.82, 2.24) is 4.68 Å². The van der Waals surface area contributed by atoms with E-state index in [1.165, 1.54) is 48.7 Å². The summed E-state index contributed by atoms with van der Waals surface area (Å²) in [6.07, 6.45) is 1.36. The Morgan fingerprint density at radius 3 is 2.38 bits per heavy atom. The van der Waals surface area contributed by atoms with E-state index in [-0.39, 0.29) is 17.7 Å². The van der Waals surface area contributed by atoms with Crippen LogP contribution in [0.25, 0.3) is 0 Å². The number of carbonyl (C=O) groups is 1. The molecule has 5 nitrogen and oxygen atoms in total. The third kappa shape index (κ3) is 3.92. The van der Waals surface area contributed by atoms with Gasteiger partial charge in [-0.1, -0.05) is 23.7 Å². The van der Waals surface area contributed by atoms with Gasteiger partial charge in [-0.05, 0) is 48.0 Å². The SMILES string of the molecule is O=C(Nn1ccc(O)c(Cc2ccc(F)cc2)c1=O)c1ccc(Cl)cc1. The molecule has 0 spiro atoms. The Balaban J connectivity index is 1.87. The van der Waals surface area contributed by atoms with Gasteiger partial charge in [0.2, 0.25) is 0 Å². The largest absolute Gasteiger partial charge is 0.507 e. The van der Waals surface area contributed by atoms with E-state index in [0.717, 1.165) is 4.68 Å². The third-order valence-electron chi connectivity index (χ3n) is 3.79. The second kappa shape index (κ2) is 7.41. The van der Waals surface area contributed by atoms with Crippen LogP contribution in [0.2, 0.25) is 5.02 Å². The lowest BCUT2D eigenvalue weighted by molar-refractivity contribution is 0.101. The minimum Gasteiger partial charge on any atom is -0.507 e. The highest BCUT2D eigenvalue weighted by molar-refractivity contribution is 6.30. The molecular formula is C19H14ClFN2O3. The molecule has 26 heavy (non-hydrogen) atoms. The first-order valence-corrected chi connectivity index (χ1v) is 8.07. The van der Waals surface area contributed by atoms with E-state index in [1.54, 1.807) is 12.1 Å². The van der Waals surface area contributed by atoms with Crippen molar-refractivity contribution >= 4 is 17.5 Å². The number of hydrogen-bond acceptors (Lipinski definition) is 3. The van der Waals surface area contributed by atoms with Gasteiger partial charge in [0.1, 0.15) is 11.6 Å². The summed E-state index contributed by atoms with van der Waals surface area (Å²) in [6, 6.07) is 13.1. The van der Waals surface area contributed by atoms with Crippen molar-refractivity contribution in [1.29, 1.82) is 0 Å². The number of halogens is 2. The molecule has 0 atom stereocenters. The van der Waals surface area contributed by atoms with E-state index in [0.29, 0.717) is 16.1 Å². The van der Waals surface area contributed by atoms with Crippen LogP contribution in [-0.4, -0.2) is 15.7 Å². The Morgan fingerprint density at radius 2 is 1.73 bits per heavy atom. The molecule has 0 unspecified atom stereocenters. The number of aromatic nitrogens is 1. The minimum atomic E-state index is -0.573. The molecule has 2 aromatic carbocycles. The van der Waals surface area contributed by atoms with Crippen LogP contribution < -0.4 is 11.0 Å². The zero-order chi connectivity index (χ0) is 18.7. The molecule has 0 bridgehead atoms. The Morgan fingerprint density at radius 1 is 1.08 bits per heavy atom. The Labute approximate surface area is 153 Å². The third-order valence-corrected chi connectivity index (χ3v) is 4.04. The minimum absolute atomic E-state index is 0.0931. The highest BCUT2D eigenvalue weighted by atomic mass is 35.5. The van der Waals surface area contributed by atoms with E-state index >= 15 is 0 Å². The molecular weight excluding hydrogens is 359 g/mol. The molecule has 0 aliphatic carbocycles. The van der Waals surface area contributed by atoms with Crippen molar-refractivity contribution in [3.05, 3.63) is 98.7 Å². The van der Waals surface area contributed by atoms with Crippen molar-refractivity contribution in [3.63, 3.8) is 0 Å². The van der Waals surface area contributed by atoms with Crippen LogP contribution in [0.5, 0.6) is 5.75 Å². The number of benzene rings is 2. The van der Waals surface area contributed by atoms with E-state index in [1.807, 2.05) is 0 Å². The fourth-order valence-electron chi connectivity index (χ4n) is 2.40. The predicted octanol–water partition coefficient (Wildman–Crippen LogP) is 3.32. The van der Waals surface area contributed by atoms with Gasteiger partial charge in [-0.2, -0.15) is 0 Å². The van der Waals surface area contributed by atoms with Gasteiger partial charge in [0.25, 0.3) is 11.5 Å². The fourth-order valence-corrected chi connectivity index (χ4v) is 2.53.